The molecule has 1 rings (SSSR count). The van der Waals surface area contributed by atoms with Crippen LogP contribution >= 0.6 is 0 Å². The van der Waals surface area contributed by atoms with Gasteiger partial charge in [0.2, 0.25) is 0 Å². The van der Waals surface area contributed by atoms with Crippen molar-refractivity contribution in [3.8, 4) is 0 Å². The fourth-order valence-electron chi connectivity index (χ4n) is 1.59. The first-order valence-electron chi connectivity index (χ1n) is 4.13. The molecule has 1 aliphatic rings. The molecule has 2 atom stereocenters. The number of rotatable bonds is 1. The topological polar surface area (TPSA) is 20.2 Å². The zero-order valence-corrected chi connectivity index (χ0v) is 6.42. The fourth-order valence-corrected chi connectivity index (χ4v) is 1.59. The van der Waals surface area contributed by atoms with E-state index in [0.717, 1.165) is 12.8 Å². The summed E-state index contributed by atoms with van der Waals surface area (Å²) >= 11 is 0. The van der Waals surface area contributed by atoms with E-state index in [-0.39, 0.29) is 6.10 Å². The first kappa shape index (κ1) is 7.80. The van der Waals surface area contributed by atoms with Gasteiger partial charge >= 0.3 is 0 Å². The van der Waals surface area contributed by atoms with Crippen LogP contribution in [0.4, 0.5) is 0 Å². The maximum absolute atomic E-state index is 9.34. The highest BCUT2D eigenvalue weighted by atomic mass is 16.3. The third kappa shape index (κ3) is 2.14. The van der Waals surface area contributed by atoms with Crippen LogP contribution in [-0.2, 0) is 0 Å². The van der Waals surface area contributed by atoms with Crippen molar-refractivity contribution in [2.24, 2.45) is 5.92 Å². The Morgan fingerprint density at radius 1 is 1.30 bits per heavy atom. The number of aliphatic hydroxyl groups is 1. The smallest absolute Gasteiger partial charge is 0.0545 e. The summed E-state index contributed by atoms with van der Waals surface area (Å²) in [6.07, 6.45) is 7.51. The summed E-state index contributed by atoms with van der Waals surface area (Å²) < 4.78 is 0. The average molecular weight is 140 g/mol. The van der Waals surface area contributed by atoms with E-state index in [4.69, 9.17) is 0 Å². The van der Waals surface area contributed by atoms with E-state index in [9.17, 15) is 5.11 Å². The van der Waals surface area contributed by atoms with E-state index in [0.29, 0.717) is 5.92 Å². The van der Waals surface area contributed by atoms with Crippen LogP contribution in [0.5, 0.6) is 0 Å². The van der Waals surface area contributed by atoms with Crippen molar-refractivity contribution in [3.63, 3.8) is 0 Å². The van der Waals surface area contributed by atoms with E-state index >= 15 is 0 Å². The van der Waals surface area contributed by atoms with Crippen LogP contribution < -0.4 is 0 Å². The summed E-state index contributed by atoms with van der Waals surface area (Å²) in [5.74, 6) is 0.567. The maximum Gasteiger partial charge on any atom is 0.0545 e. The van der Waals surface area contributed by atoms with Gasteiger partial charge in [-0.3, -0.25) is 0 Å². The molecule has 58 valence electrons. The monoisotopic (exact) mass is 140 g/mol. The van der Waals surface area contributed by atoms with E-state index < -0.39 is 0 Å². The lowest BCUT2D eigenvalue weighted by Gasteiger charge is -2.10. The molecule has 0 spiro atoms. The summed E-state index contributed by atoms with van der Waals surface area (Å²) in [4.78, 5) is 0. The van der Waals surface area contributed by atoms with Crippen molar-refractivity contribution < 1.29 is 5.11 Å². The third-order valence-electron chi connectivity index (χ3n) is 2.27. The van der Waals surface area contributed by atoms with Crippen LogP contribution in [0.1, 0.15) is 32.1 Å². The highest BCUT2D eigenvalue weighted by molar-refractivity contribution is 4.83. The Morgan fingerprint density at radius 3 is 2.70 bits per heavy atom. The van der Waals surface area contributed by atoms with E-state index in [1.165, 1.54) is 19.3 Å². The first-order chi connectivity index (χ1) is 4.83. The van der Waals surface area contributed by atoms with Gasteiger partial charge < -0.3 is 5.11 Å². The lowest BCUT2D eigenvalue weighted by molar-refractivity contribution is 0.148. The number of allylic oxidation sites excluding steroid dienone is 1. The molecule has 1 nitrogen and oxygen atoms in total. The number of hydrogen-bond acceptors (Lipinski definition) is 1. The van der Waals surface area contributed by atoms with Crippen molar-refractivity contribution in [1.82, 2.24) is 0 Å². The van der Waals surface area contributed by atoms with Gasteiger partial charge in [0, 0.05) is 0 Å². The lowest BCUT2D eigenvalue weighted by Crippen LogP contribution is -2.08. The maximum atomic E-state index is 9.34. The van der Waals surface area contributed by atoms with Gasteiger partial charge in [-0.1, -0.05) is 18.9 Å². The second-order valence-electron chi connectivity index (χ2n) is 3.17. The minimum absolute atomic E-state index is 0.0644. The van der Waals surface area contributed by atoms with Crippen molar-refractivity contribution in [1.29, 1.82) is 0 Å². The molecule has 1 fully saturated rings. The van der Waals surface area contributed by atoms with Crippen molar-refractivity contribution in [3.05, 3.63) is 12.7 Å². The molecule has 0 aromatic rings. The fraction of sp³-hybridized carbons (Fsp3) is 0.778. The molecule has 0 heterocycles. The lowest BCUT2D eigenvalue weighted by atomic mass is 10.00. The summed E-state index contributed by atoms with van der Waals surface area (Å²) in [6, 6.07) is 0. The largest absolute Gasteiger partial charge is 0.393 e. The molecule has 1 saturated carbocycles. The van der Waals surface area contributed by atoms with Crippen molar-refractivity contribution in [2.45, 2.75) is 38.2 Å². The Bertz CT molecular complexity index is 109. The summed E-state index contributed by atoms with van der Waals surface area (Å²) in [6.45, 7) is 3.75. The molecule has 2 unspecified atom stereocenters. The van der Waals surface area contributed by atoms with Gasteiger partial charge in [0.1, 0.15) is 0 Å². The summed E-state index contributed by atoms with van der Waals surface area (Å²) in [5, 5.41) is 9.34. The molecule has 1 N–H and O–H groups in total. The van der Waals surface area contributed by atoms with Gasteiger partial charge in [-0.25, -0.2) is 0 Å². The van der Waals surface area contributed by atoms with Crippen LogP contribution in [0.15, 0.2) is 12.7 Å². The van der Waals surface area contributed by atoms with Gasteiger partial charge in [-0.2, -0.15) is 0 Å². The summed E-state index contributed by atoms with van der Waals surface area (Å²) in [7, 11) is 0. The van der Waals surface area contributed by atoms with E-state index in [1.54, 1.807) is 0 Å². The molecule has 0 saturated heterocycles. The quantitative estimate of drug-likeness (QED) is 0.437. The predicted octanol–water partition coefficient (Wildman–Crippen LogP) is 2.11. The van der Waals surface area contributed by atoms with Crippen molar-refractivity contribution in [2.75, 3.05) is 0 Å². The molecule has 10 heavy (non-hydrogen) atoms. The molecular weight excluding hydrogens is 124 g/mol. The molecule has 0 aromatic carbocycles. The van der Waals surface area contributed by atoms with Gasteiger partial charge in [0.15, 0.2) is 0 Å². The first-order valence-corrected chi connectivity index (χ1v) is 4.13. The summed E-state index contributed by atoms with van der Waals surface area (Å²) in [5.41, 5.74) is 0. The second kappa shape index (κ2) is 3.77. The number of hydrogen-bond donors (Lipinski definition) is 1. The predicted molar refractivity (Wildman–Crippen MR) is 42.8 cm³/mol. The number of aliphatic hydroxyl groups excluding tert-OH is 1. The highest BCUT2D eigenvalue weighted by Crippen LogP contribution is 2.23. The molecule has 1 aliphatic carbocycles. The zero-order chi connectivity index (χ0) is 7.40. The molecular formula is C9H16O. The average Bonchev–Trinajstić information content (AvgIpc) is 2.13. The standard InChI is InChI=1S/C9H16O/c1-2-8-5-3-4-6-9(10)7-8/h2,8-10H,1,3-7H2. The Morgan fingerprint density at radius 2 is 2.00 bits per heavy atom. The molecule has 0 amide bonds. The highest BCUT2D eigenvalue weighted by Gasteiger charge is 2.14. The molecule has 0 radical (unpaired) electrons. The van der Waals surface area contributed by atoms with Crippen LogP contribution in [0.3, 0.4) is 0 Å². The minimum atomic E-state index is -0.0644. The Labute approximate surface area is 62.8 Å². The van der Waals surface area contributed by atoms with Gasteiger partial charge in [-0.15, -0.1) is 6.58 Å². The third-order valence-corrected chi connectivity index (χ3v) is 2.27. The van der Waals surface area contributed by atoms with Gasteiger partial charge in [-0.05, 0) is 25.2 Å². The molecule has 0 aromatic heterocycles. The SMILES string of the molecule is C=CC1CCCCC(O)C1. The van der Waals surface area contributed by atoms with Crippen LogP contribution in [0, 0.1) is 5.92 Å². The van der Waals surface area contributed by atoms with Crippen LogP contribution in [0.25, 0.3) is 0 Å². The Kier molecular flexibility index (Phi) is 2.94. The molecule has 0 aliphatic heterocycles. The molecule has 0 bridgehead atoms. The van der Waals surface area contributed by atoms with Crippen LogP contribution in [0.2, 0.25) is 0 Å². The normalized spacial score (nSPS) is 34.9. The Hall–Kier alpha value is -0.300. The molecule has 1 heteroatoms. The zero-order valence-electron chi connectivity index (χ0n) is 6.42. The van der Waals surface area contributed by atoms with Gasteiger partial charge in [0.25, 0.3) is 0 Å². The van der Waals surface area contributed by atoms with E-state index in [2.05, 4.69) is 6.58 Å². The second-order valence-corrected chi connectivity index (χ2v) is 3.17. The van der Waals surface area contributed by atoms with Crippen LogP contribution in [-0.4, -0.2) is 11.2 Å². The Balaban J connectivity index is 2.37. The van der Waals surface area contributed by atoms with Crippen molar-refractivity contribution >= 4 is 0 Å². The minimum Gasteiger partial charge on any atom is -0.393 e. The van der Waals surface area contributed by atoms with E-state index in [1.807, 2.05) is 6.08 Å². The van der Waals surface area contributed by atoms with Gasteiger partial charge in [0.05, 0.1) is 6.10 Å².